The molecule has 0 bridgehead atoms. The molecule has 1 aromatic carbocycles. The number of ether oxygens (including phenoxy) is 1. The van der Waals surface area contributed by atoms with E-state index in [0.29, 0.717) is 23.8 Å². The van der Waals surface area contributed by atoms with Gasteiger partial charge in [0.05, 0.1) is 18.1 Å². The fraction of sp³-hybridized carbons (Fsp3) is 0.429. The van der Waals surface area contributed by atoms with Gasteiger partial charge in [0.15, 0.2) is 0 Å². The van der Waals surface area contributed by atoms with Crippen molar-refractivity contribution < 1.29 is 9.13 Å². The van der Waals surface area contributed by atoms with Crippen LogP contribution in [0.3, 0.4) is 0 Å². The van der Waals surface area contributed by atoms with Gasteiger partial charge in [-0.1, -0.05) is 32.1 Å². The van der Waals surface area contributed by atoms with Crippen LogP contribution in [-0.4, -0.2) is 12.5 Å². The van der Waals surface area contributed by atoms with E-state index < -0.39 is 0 Å². The molecule has 0 radical (unpaired) electrons. The summed E-state index contributed by atoms with van der Waals surface area (Å²) in [6.07, 6.45) is 1.04. The molecule has 1 unspecified atom stereocenters. The van der Waals surface area contributed by atoms with E-state index in [1.165, 1.54) is 6.07 Å². The quantitative estimate of drug-likeness (QED) is 0.586. The van der Waals surface area contributed by atoms with Crippen molar-refractivity contribution in [3.63, 3.8) is 0 Å². The van der Waals surface area contributed by atoms with E-state index in [-0.39, 0.29) is 11.7 Å². The first-order valence-corrected chi connectivity index (χ1v) is 6.18. The standard InChI is InChI=1S/C14H16ClFO/c1-3-11(2)10-17-13-7-6-12(5-4-8-15)14(16)9-13/h6-7,9,11H,3,8,10H2,1-2H3. The van der Waals surface area contributed by atoms with Gasteiger partial charge in [-0.2, -0.15) is 0 Å². The summed E-state index contributed by atoms with van der Waals surface area (Å²) >= 11 is 5.41. The lowest BCUT2D eigenvalue weighted by atomic mass is 10.1. The average Bonchev–Trinajstić information content (AvgIpc) is 2.34. The van der Waals surface area contributed by atoms with Crippen LogP contribution in [0.5, 0.6) is 5.75 Å². The topological polar surface area (TPSA) is 9.23 Å². The minimum absolute atomic E-state index is 0.200. The first-order chi connectivity index (χ1) is 8.17. The Labute approximate surface area is 107 Å². The predicted molar refractivity (Wildman–Crippen MR) is 68.9 cm³/mol. The summed E-state index contributed by atoms with van der Waals surface area (Å²) in [6.45, 7) is 4.79. The minimum Gasteiger partial charge on any atom is -0.493 e. The van der Waals surface area contributed by atoms with Crippen LogP contribution < -0.4 is 4.74 Å². The van der Waals surface area contributed by atoms with Crippen molar-refractivity contribution in [2.75, 3.05) is 12.5 Å². The number of hydrogen-bond donors (Lipinski definition) is 0. The molecule has 0 N–H and O–H groups in total. The molecule has 0 amide bonds. The molecule has 0 fully saturated rings. The third kappa shape index (κ3) is 4.66. The van der Waals surface area contributed by atoms with Crippen molar-refractivity contribution >= 4 is 11.6 Å². The lowest BCUT2D eigenvalue weighted by Crippen LogP contribution is -2.07. The predicted octanol–water partition coefficient (Wildman–Crippen LogP) is 3.84. The summed E-state index contributed by atoms with van der Waals surface area (Å²) in [4.78, 5) is 0. The van der Waals surface area contributed by atoms with Crippen LogP contribution in [0.2, 0.25) is 0 Å². The molecule has 0 aliphatic heterocycles. The van der Waals surface area contributed by atoms with Gasteiger partial charge in [-0.25, -0.2) is 4.39 Å². The van der Waals surface area contributed by atoms with Crippen LogP contribution >= 0.6 is 11.6 Å². The van der Waals surface area contributed by atoms with Gasteiger partial charge in [0, 0.05) is 6.07 Å². The van der Waals surface area contributed by atoms with Crippen LogP contribution in [0.25, 0.3) is 0 Å². The lowest BCUT2D eigenvalue weighted by molar-refractivity contribution is 0.255. The Balaban J connectivity index is 2.68. The molecule has 17 heavy (non-hydrogen) atoms. The molecule has 0 spiro atoms. The van der Waals surface area contributed by atoms with E-state index >= 15 is 0 Å². The maximum absolute atomic E-state index is 13.6. The van der Waals surface area contributed by atoms with E-state index in [9.17, 15) is 4.39 Å². The summed E-state index contributed by atoms with van der Waals surface area (Å²) in [5.74, 6) is 6.11. The summed E-state index contributed by atoms with van der Waals surface area (Å²) < 4.78 is 19.0. The normalized spacial score (nSPS) is 11.5. The van der Waals surface area contributed by atoms with Gasteiger partial charge in [0.2, 0.25) is 0 Å². The fourth-order valence-electron chi connectivity index (χ4n) is 1.17. The molecule has 0 saturated heterocycles. The number of alkyl halides is 1. The molecule has 0 heterocycles. The Morgan fingerprint density at radius 3 is 2.82 bits per heavy atom. The van der Waals surface area contributed by atoms with E-state index in [1.54, 1.807) is 12.1 Å². The second-order valence-electron chi connectivity index (χ2n) is 3.90. The number of hydrogen-bond acceptors (Lipinski definition) is 1. The lowest BCUT2D eigenvalue weighted by Gasteiger charge is -2.11. The zero-order valence-corrected chi connectivity index (χ0v) is 10.9. The molecule has 1 aromatic rings. The molecule has 0 saturated carbocycles. The smallest absolute Gasteiger partial charge is 0.142 e. The second kappa shape index (κ2) is 7.19. The summed E-state index contributed by atoms with van der Waals surface area (Å²) in [5.41, 5.74) is 0.349. The van der Waals surface area contributed by atoms with Gasteiger partial charge < -0.3 is 4.74 Å². The first kappa shape index (κ1) is 13.9. The highest BCUT2D eigenvalue weighted by Gasteiger charge is 2.04. The highest BCUT2D eigenvalue weighted by Crippen LogP contribution is 2.17. The zero-order chi connectivity index (χ0) is 12.7. The van der Waals surface area contributed by atoms with Crippen LogP contribution in [0.1, 0.15) is 25.8 Å². The van der Waals surface area contributed by atoms with Crippen molar-refractivity contribution in [3.8, 4) is 17.6 Å². The molecule has 92 valence electrons. The molecule has 1 nitrogen and oxygen atoms in total. The Morgan fingerprint density at radius 1 is 1.47 bits per heavy atom. The highest BCUT2D eigenvalue weighted by atomic mass is 35.5. The SMILES string of the molecule is CCC(C)COc1ccc(C#CCCl)c(F)c1. The first-order valence-electron chi connectivity index (χ1n) is 5.64. The molecular formula is C14H16ClFO. The van der Waals surface area contributed by atoms with E-state index in [4.69, 9.17) is 16.3 Å². The molecule has 3 heteroatoms. The van der Waals surface area contributed by atoms with Gasteiger partial charge in [0.25, 0.3) is 0 Å². The third-order valence-electron chi connectivity index (χ3n) is 2.46. The van der Waals surface area contributed by atoms with Crippen molar-refractivity contribution in [2.24, 2.45) is 5.92 Å². The van der Waals surface area contributed by atoms with Crippen LogP contribution in [0.15, 0.2) is 18.2 Å². The van der Waals surface area contributed by atoms with Crippen LogP contribution in [-0.2, 0) is 0 Å². The second-order valence-corrected chi connectivity index (χ2v) is 4.17. The van der Waals surface area contributed by atoms with Gasteiger partial charge in [0.1, 0.15) is 11.6 Å². The summed E-state index contributed by atoms with van der Waals surface area (Å²) in [7, 11) is 0. The molecule has 1 atom stereocenters. The number of halogens is 2. The molecule has 0 aliphatic rings. The van der Waals surface area contributed by atoms with Gasteiger partial charge in [-0.15, -0.1) is 11.6 Å². The molecule has 0 aliphatic carbocycles. The van der Waals surface area contributed by atoms with E-state index in [0.717, 1.165) is 6.42 Å². The van der Waals surface area contributed by atoms with Gasteiger partial charge >= 0.3 is 0 Å². The zero-order valence-electron chi connectivity index (χ0n) is 10.1. The van der Waals surface area contributed by atoms with E-state index in [1.807, 2.05) is 0 Å². The molecule has 1 rings (SSSR count). The highest BCUT2D eigenvalue weighted by molar-refractivity contribution is 6.19. The number of benzene rings is 1. The monoisotopic (exact) mass is 254 g/mol. The van der Waals surface area contributed by atoms with Crippen LogP contribution in [0, 0.1) is 23.6 Å². The summed E-state index contributed by atoms with van der Waals surface area (Å²) in [6, 6.07) is 4.70. The van der Waals surface area contributed by atoms with Crippen LogP contribution in [0.4, 0.5) is 4.39 Å². The Morgan fingerprint density at radius 2 is 2.24 bits per heavy atom. The van der Waals surface area contributed by atoms with Gasteiger partial charge in [-0.3, -0.25) is 0 Å². The van der Waals surface area contributed by atoms with Crippen molar-refractivity contribution in [3.05, 3.63) is 29.6 Å². The van der Waals surface area contributed by atoms with Crippen molar-refractivity contribution in [1.82, 2.24) is 0 Å². The fourth-order valence-corrected chi connectivity index (χ4v) is 1.24. The largest absolute Gasteiger partial charge is 0.493 e. The van der Waals surface area contributed by atoms with Crippen molar-refractivity contribution in [2.45, 2.75) is 20.3 Å². The Kier molecular flexibility index (Phi) is 5.86. The van der Waals surface area contributed by atoms with Gasteiger partial charge in [-0.05, 0) is 18.1 Å². The maximum Gasteiger partial charge on any atom is 0.142 e. The van der Waals surface area contributed by atoms with E-state index in [2.05, 4.69) is 25.7 Å². The molecular weight excluding hydrogens is 239 g/mol. The number of rotatable bonds is 4. The Hall–Kier alpha value is -1.20. The van der Waals surface area contributed by atoms with Crippen molar-refractivity contribution in [1.29, 1.82) is 0 Å². The minimum atomic E-state index is -0.371. The third-order valence-corrected chi connectivity index (χ3v) is 2.60. The molecule has 0 aromatic heterocycles. The Bertz CT molecular complexity index is 420. The summed E-state index contributed by atoms with van der Waals surface area (Å²) in [5, 5.41) is 0. The average molecular weight is 255 g/mol. The maximum atomic E-state index is 13.6.